The first-order valence-corrected chi connectivity index (χ1v) is 11.8. The molecule has 0 saturated heterocycles. The van der Waals surface area contributed by atoms with Gasteiger partial charge >= 0.3 is 6.18 Å². The number of hydrogen-bond donors (Lipinski definition) is 0. The van der Waals surface area contributed by atoms with Crippen molar-refractivity contribution in [3.05, 3.63) is 47.3 Å². The van der Waals surface area contributed by atoms with Crippen LogP contribution in [0.4, 0.5) is 17.6 Å². The molecule has 170 valence electrons. The smallest absolute Gasteiger partial charge is 0.195 e. The van der Waals surface area contributed by atoms with E-state index in [9.17, 15) is 17.6 Å². The molecule has 3 rings (SSSR count). The first-order chi connectivity index (χ1) is 14.8. The van der Waals surface area contributed by atoms with Crippen LogP contribution in [0.15, 0.2) is 36.2 Å². The van der Waals surface area contributed by atoms with E-state index in [1.54, 1.807) is 12.1 Å². The van der Waals surface area contributed by atoms with E-state index in [2.05, 4.69) is 0 Å². The lowest BCUT2D eigenvalue weighted by Crippen LogP contribution is -2.18. The van der Waals surface area contributed by atoms with Gasteiger partial charge in [-0.05, 0) is 86.0 Å². The third kappa shape index (κ3) is 7.37. The Balaban J connectivity index is 1.33. The van der Waals surface area contributed by atoms with Crippen molar-refractivity contribution < 1.29 is 17.6 Å². The summed E-state index contributed by atoms with van der Waals surface area (Å²) in [5.74, 6) is 1.95. The van der Waals surface area contributed by atoms with Crippen LogP contribution in [0.3, 0.4) is 0 Å². The SMILES string of the molecule is N#C/C(F)=C/CCC1CCC(CCC2CCC(c3ccc(C(F)(F)F)cc3)CC2)CC1. The standard InChI is InChI=1S/C26H33F4N/c27-25(18-31)3-1-2-19-4-6-20(7-5-19)8-9-21-10-12-22(13-11-21)23-14-16-24(17-15-23)26(28,29)30/h3,14-17,19-22H,1-2,4-13H2/b25-3-. The molecule has 0 aromatic heterocycles. The fourth-order valence-corrected chi connectivity index (χ4v) is 5.50. The van der Waals surface area contributed by atoms with Crippen LogP contribution in [0.5, 0.6) is 0 Å². The second-order valence-electron chi connectivity index (χ2n) is 9.54. The van der Waals surface area contributed by atoms with Crippen molar-refractivity contribution in [3.63, 3.8) is 0 Å². The molecule has 0 unspecified atom stereocenters. The van der Waals surface area contributed by atoms with Gasteiger partial charge in [-0.1, -0.05) is 50.7 Å². The van der Waals surface area contributed by atoms with E-state index in [-0.39, 0.29) is 0 Å². The van der Waals surface area contributed by atoms with Gasteiger partial charge in [0.1, 0.15) is 6.07 Å². The van der Waals surface area contributed by atoms with Crippen LogP contribution < -0.4 is 0 Å². The predicted octanol–water partition coefficient (Wildman–Crippen LogP) is 8.72. The summed E-state index contributed by atoms with van der Waals surface area (Å²) < 4.78 is 51.1. The van der Waals surface area contributed by atoms with Crippen LogP contribution in [0, 0.1) is 29.1 Å². The highest BCUT2D eigenvalue weighted by Gasteiger charge is 2.31. The first kappa shape index (κ1) is 23.8. The molecule has 2 aliphatic carbocycles. The molecular formula is C26H33F4N. The van der Waals surface area contributed by atoms with E-state index in [1.807, 2.05) is 0 Å². The lowest BCUT2D eigenvalue weighted by Gasteiger charge is -2.32. The molecule has 0 aliphatic heterocycles. The molecule has 0 spiro atoms. The average molecular weight is 436 g/mol. The summed E-state index contributed by atoms with van der Waals surface area (Å²) in [6, 6.07) is 7.29. The molecule has 0 heterocycles. The molecule has 2 fully saturated rings. The van der Waals surface area contributed by atoms with Gasteiger partial charge in [0.05, 0.1) is 5.56 Å². The van der Waals surface area contributed by atoms with Crippen molar-refractivity contribution >= 4 is 0 Å². The maximum atomic E-state index is 12.9. The molecule has 0 N–H and O–H groups in total. The highest BCUT2D eigenvalue weighted by atomic mass is 19.4. The van der Waals surface area contributed by atoms with E-state index in [0.717, 1.165) is 36.7 Å². The Bertz CT molecular complexity index is 743. The Morgan fingerprint density at radius 3 is 1.81 bits per heavy atom. The molecule has 0 bridgehead atoms. The topological polar surface area (TPSA) is 23.8 Å². The van der Waals surface area contributed by atoms with Crippen LogP contribution in [0.2, 0.25) is 0 Å². The fourth-order valence-electron chi connectivity index (χ4n) is 5.50. The second-order valence-corrected chi connectivity index (χ2v) is 9.54. The molecule has 1 aromatic rings. The number of nitriles is 1. The van der Waals surface area contributed by atoms with Crippen molar-refractivity contribution in [2.45, 2.75) is 89.1 Å². The second kappa shape index (κ2) is 11.2. The van der Waals surface area contributed by atoms with E-state index in [0.29, 0.717) is 18.3 Å². The number of hydrogen-bond acceptors (Lipinski definition) is 1. The van der Waals surface area contributed by atoms with Crippen LogP contribution in [-0.2, 0) is 6.18 Å². The van der Waals surface area contributed by atoms with E-state index in [1.165, 1.54) is 75.6 Å². The summed E-state index contributed by atoms with van der Waals surface area (Å²) in [4.78, 5) is 0. The van der Waals surface area contributed by atoms with Gasteiger partial charge in [-0.15, -0.1) is 0 Å². The van der Waals surface area contributed by atoms with Crippen LogP contribution >= 0.6 is 0 Å². The Labute approximate surface area is 183 Å². The molecule has 1 aromatic carbocycles. The molecule has 0 atom stereocenters. The van der Waals surface area contributed by atoms with Crippen molar-refractivity contribution in [3.8, 4) is 6.07 Å². The molecule has 31 heavy (non-hydrogen) atoms. The van der Waals surface area contributed by atoms with Gasteiger partial charge in [0, 0.05) is 0 Å². The maximum Gasteiger partial charge on any atom is 0.416 e. The van der Waals surface area contributed by atoms with Crippen molar-refractivity contribution in [1.82, 2.24) is 0 Å². The summed E-state index contributed by atoms with van der Waals surface area (Å²) in [6.45, 7) is 0. The van der Waals surface area contributed by atoms with E-state index in [4.69, 9.17) is 5.26 Å². The normalized spacial score (nSPS) is 27.6. The average Bonchev–Trinajstić information content (AvgIpc) is 2.78. The maximum absolute atomic E-state index is 12.9. The molecule has 0 amide bonds. The quantitative estimate of drug-likeness (QED) is 0.310. The molecular weight excluding hydrogens is 402 g/mol. The van der Waals surface area contributed by atoms with Gasteiger partial charge in [-0.3, -0.25) is 0 Å². The van der Waals surface area contributed by atoms with Gasteiger partial charge < -0.3 is 0 Å². The monoisotopic (exact) mass is 435 g/mol. The lowest BCUT2D eigenvalue weighted by molar-refractivity contribution is -0.137. The van der Waals surface area contributed by atoms with Crippen LogP contribution in [0.1, 0.15) is 94.1 Å². The number of halogens is 4. The fraction of sp³-hybridized carbons (Fsp3) is 0.654. The van der Waals surface area contributed by atoms with E-state index >= 15 is 0 Å². The Hall–Kier alpha value is -1.83. The minimum Gasteiger partial charge on any atom is -0.195 e. The number of alkyl halides is 3. The minimum absolute atomic E-state index is 0.397. The molecule has 2 saturated carbocycles. The number of benzene rings is 1. The summed E-state index contributed by atoms with van der Waals surface area (Å²) in [7, 11) is 0. The van der Waals surface area contributed by atoms with Gasteiger partial charge in [-0.25, -0.2) is 0 Å². The zero-order chi connectivity index (χ0) is 22.3. The molecule has 2 aliphatic rings. The molecule has 1 nitrogen and oxygen atoms in total. The largest absolute Gasteiger partial charge is 0.416 e. The Morgan fingerprint density at radius 2 is 1.32 bits per heavy atom. The Kier molecular flexibility index (Phi) is 8.58. The summed E-state index contributed by atoms with van der Waals surface area (Å²) >= 11 is 0. The zero-order valence-electron chi connectivity index (χ0n) is 18.1. The van der Waals surface area contributed by atoms with Gasteiger partial charge in [0.15, 0.2) is 5.83 Å². The summed E-state index contributed by atoms with van der Waals surface area (Å²) in [5.41, 5.74) is 0.486. The lowest BCUT2D eigenvalue weighted by atomic mass is 9.74. The predicted molar refractivity (Wildman–Crippen MR) is 115 cm³/mol. The first-order valence-electron chi connectivity index (χ1n) is 11.8. The third-order valence-electron chi connectivity index (χ3n) is 7.51. The third-order valence-corrected chi connectivity index (χ3v) is 7.51. The van der Waals surface area contributed by atoms with Crippen LogP contribution in [-0.4, -0.2) is 0 Å². The number of rotatable bonds is 7. The highest BCUT2D eigenvalue weighted by Crippen LogP contribution is 2.41. The van der Waals surface area contributed by atoms with Crippen molar-refractivity contribution in [2.75, 3.05) is 0 Å². The Morgan fingerprint density at radius 1 is 0.839 bits per heavy atom. The van der Waals surface area contributed by atoms with Crippen molar-refractivity contribution in [2.24, 2.45) is 17.8 Å². The summed E-state index contributed by atoms with van der Waals surface area (Å²) in [6.07, 6.45) is 10.8. The van der Waals surface area contributed by atoms with Gasteiger partial charge in [0.2, 0.25) is 0 Å². The van der Waals surface area contributed by atoms with Crippen molar-refractivity contribution in [1.29, 1.82) is 5.26 Å². The minimum atomic E-state index is -4.26. The number of allylic oxidation sites excluding steroid dienone is 2. The highest BCUT2D eigenvalue weighted by molar-refractivity contribution is 5.27. The molecule has 5 heteroatoms. The zero-order valence-corrected chi connectivity index (χ0v) is 18.1. The number of nitrogens with zero attached hydrogens (tertiary/aromatic N) is 1. The van der Waals surface area contributed by atoms with Crippen LogP contribution in [0.25, 0.3) is 0 Å². The summed E-state index contributed by atoms with van der Waals surface area (Å²) in [5, 5.41) is 8.45. The molecule has 0 radical (unpaired) electrons. The van der Waals surface area contributed by atoms with E-state index < -0.39 is 17.6 Å². The van der Waals surface area contributed by atoms with Gasteiger partial charge in [-0.2, -0.15) is 22.8 Å². The van der Waals surface area contributed by atoms with Gasteiger partial charge in [0.25, 0.3) is 0 Å².